The molecule has 0 atom stereocenters. The van der Waals surface area contributed by atoms with E-state index in [0.29, 0.717) is 11.6 Å². The van der Waals surface area contributed by atoms with Gasteiger partial charge in [0.25, 0.3) is 5.56 Å². The molecule has 3 heterocycles. The topological polar surface area (TPSA) is 58.4 Å². The van der Waals surface area contributed by atoms with Crippen molar-refractivity contribution in [2.45, 2.75) is 32.5 Å². The Kier molecular flexibility index (Phi) is 5.64. The van der Waals surface area contributed by atoms with Crippen LogP contribution in [0.1, 0.15) is 39.1 Å². The lowest BCUT2D eigenvalue weighted by Gasteiger charge is -2.30. The van der Waals surface area contributed by atoms with E-state index in [2.05, 4.69) is 29.2 Å². The average Bonchev–Trinajstić information content (AvgIpc) is 3.22. The van der Waals surface area contributed by atoms with Gasteiger partial charge in [-0.05, 0) is 30.2 Å². The van der Waals surface area contributed by atoms with Crippen molar-refractivity contribution in [3.63, 3.8) is 0 Å². The Balaban J connectivity index is 1.57. The highest BCUT2D eigenvalue weighted by Crippen LogP contribution is 2.28. The Labute approximate surface area is 191 Å². The summed E-state index contributed by atoms with van der Waals surface area (Å²) in [5.74, 6) is 0.739. The highest BCUT2D eigenvalue weighted by atomic mass is 32.1. The first-order valence-corrected chi connectivity index (χ1v) is 11.6. The minimum Gasteiger partial charge on any atom is -0.499 e. The van der Waals surface area contributed by atoms with Crippen LogP contribution in [-0.2, 0) is 19.5 Å². The maximum Gasteiger partial charge on any atom is 0.259 e. The van der Waals surface area contributed by atoms with Gasteiger partial charge in [-0.3, -0.25) is 14.3 Å². The number of nitrogens with zero attached hydrogens (tertiary/aromatic N) is 3. The molecule has 162 valence electrons. The number of aromatic nitrogens is 2. The summed E-state index contributed by atoms with van der Waals surface area (Å²) in [5.41, 5.74) is 3.84. The van der Waals surface area contributed by atoms with Crippen LogP contribution in [-0.4, -0.2) is 26.1 Å². The highest BCUT2D eigenvalue weighted by Gasteiger charge is 2.27. The van der Waals surface area contributed by atoms with Gasteiger partial charge in [-0.25, -0.2) is 4.98 Å². The van der Waals surface area contributed by atoms with Crippen molar-refractivity contribution in [2.75, 3.05) is 6.54 Å². The van der Waals surface area contributed by atoms with E-state index in [1.807, 2.05) is 54.0 Å². The maximum absolute atomic E-state index is 13.9. The van der Waals surface area contributed by atoms with Gasteiger partial charge in [0.1, 0.15) is 5.82 Å². The number of hydrogen-bond acceptors (Lipinski definition) is 5. The molecule has 5 nitrogen and oxygen atoms in total. The fourth-order valence-electron chi connectivity index (χ4n) is 4.54. The predicted octanol–water partition coefficient (Wildman–Crippen LogP) is 4.51. The van der Waals surface area contributed by atoms with E-state index in [9.17, 15) is 9.90 Å². The summed E-state index contributed by atoms with van der Waals surface area (Å²) in [6.45, 7) is 4.07. The summed E-state index contributed by atoms with van der Waals surface area (Å²) in [6.07, 6.45) is 0.755. The minimum absolute atomic E-state index is 0.0314. The maximum atomic E-state index is 13.9. The summed E-state index contributed by atoms with van der Waals surface area (Å²) in [5, 5.41) is 9.99. The first-order chi connectivity index (χ1) is 15.6. The van der Waals surface area contributed by atoms with Crippen LogP contribution in [0.25, 0.3) is 0 Å². The molecule has 0 radical (unpaired) electrons. The van der Waals surface area contributed by atoms with Crippen LogP contribution in [0.3, 0.4) is 0 Å². The van der Waals surface area contributed by atoms with Crippen molar-refractivity contribution < 1.29 is 5.11 Å². The molecule has 32 heavy (non-hydrogen) atoms. The van der Waals surface area contributed by atoms with Crippen LogP contribution in [0.2, 0.25) is 0 Å². The third kappa shape index (κ3) is 3.99. The molecule has 4 aromatic rings. The predicted molar refractivity (Wildman–Crippen MR) is 127 cm³/mol. The standard InChI is InChI=1S/C26H25N3O2S/c1-18-27-23-14-15-28(16-21-12-13-24(30)32-21)17-22(23)26(31)29(18)25(19-8-4-2-5-9-19)20-10-6-3-7-11-20/h2-13,25,30H,14-17H2,1H3. The molecule has 6 heteroatoms. The van der Waals surface area contributed by atoms with Gasteiger partial charge in [0, 0.05) is 30.9 Å². The molecule has 0 bridgehead atoms. The normalized spacial score (nSPS) is 13.9. The zero-order valence-corrected chi connectivity index (χ0v) is 18.8. The summed E-state index contributed by atoms with van der Waals surface area (Å²) in [7, 11) is 0. The summed E-state index contributed by atoms with van der Waals surface area (Å²) in [6, 6.07) is 23.7. The summed E-state index contributed by atoms with van der Waals surface area (Å²) < 4.78 is 1.85. The fraction of sp³-hybridized carbons (Fsp3) is 0.231. The molecule has 0 saturated carbocycles. The molecule has 1 N–H and O–H groups in total. The van der Waals surface area contributed by atoms with Crippen LogP contribution in [0.15, 0.2) is 77.6 Å². The van der Waals surface area contributed by atoms with Gasteiger partial charge in [0.05, 0.1) is 17.3 Å². The minimum atomic E-state index is -0.229. The zero-order chi connectivity index (χ0) is 22.1. The molecule has 1 aliphatic rings. The molecule has 0 saturated heterocycles. The Morgan fingerprint density at radius 2 is 1.66 bits per heavy atom. The number of benzene rings is 2. The van der Waals surface area contributed by atoms with E-state index in [1.165, 1.54) is 11.3 Å². The van der Waals surface area contributed by atoms with E-state index >= 15 is 0 Å². The van der Waals surface area contributed by atoms with Crippen LogP contribution < -0.4 is 5.56 Å². The van der Waals surface area contributed by atoms with Crippen molar-refractivity contribution in [3.8, 4) is 5.06 Å². The Morgan fingerprint density at radius 3 is 2.25 bits per heavy atom. The molecule has 2 aromatic carbocycles. The molecule has 0 unspecified atom stereocenters. The Hall–Kier alpha value is -3.22. The van der Waals surface area contributed by atoms with Crippen molar-refractivity contribution in [1.82, 2.24) is 14.5 Å². The van der Waals surface area contributed by atoms with Crippen LogP contribution in [0.5, 0.6) is 5.06 Å². The van der Waals surface area contributed by atoms with Gasteiger partial charge < -0.3 is 5.11 Å². The first kappa shape index (κ1) is 20.7. The molecular weight excluding hydrogens is 418 g/mol. The molecule has 0 aliphatic carbocycles. The number of aromatic hydroxyl groups is 1. The van der Waals surface area contributed by atoms with Crippen LogP contribution in [0, 0.1) is 6.92 Å². The molecule has 5 rings (SSSR count). The molecule has 0 fully saturated rings. The second kappa shape index (κ2) is 8.73. The highest BCUT2D eigenvalue weighted by molar-refractivity contribution is 7.13. The Morgan fingerprint density at radius 1 is 1.00 bits per heavy atom. The third-order valence-electron chi connectivity index (χ3n) is 6.03. The number of hydrogen-bond donors (Lipinski definition) is 1. The second-order valence-electron chi connectivity index (χ2n) is 8.18. The molecular formula is C26H25N3O2S. The smallest absolute Gasteiger partial charge is 0.259 e. The van der Waals surface area contributed by atoms with Crippen molar-refractivity contribution in [1.29, 1.82) is 0 Å². The monoisotopic (exact) mass is 443 g/mol. The number of aryl methyl sites for hydroxylation is 1. The second-order valence-corrected chi connectivity index (χ2v) is 9.33. The van der Waals surface area contributed by atoms with Crippen molar-refractivity contribution in [2.24, 2.45) is 0 Å². The SMILES string of the molecule is Cc1nc2c(c(=O)n1C(c1ccccc1)c1ccccc1)CN(Cc1ccc(O)s1)CC2. The molecule has 2 aromatic heterocycles. The Bertz CT molecular complexity index is 1240. The van der Waals surface area contributed by atoms with Crippen LogP contribution >= 0.6 is 11.3 Å². The lowest BCUT2D eigenvalue weighted by atomic mass is 9.97. The molecule has 0 amide bonds. The van der Waals surface area contributed by atoms with Gasteiger partial charge in [0.15, 0.2) is 5.06 Å². The molecule has 0 spiro atoms. The van der Waals surface area contributed by atoms with Gasteiger partial charge in [0.2, 0.25) is 0 Å². The zero-order valence-electron chi connectivity index (χ0n) is 17.9. The van der Waals surface area contributed by atoms with E-state index in [1.54, 1.807) is 6.07 Å². The molecule has 1 aliphatic heterocycles. The van der Waals surface area contributed by atoms with E-state index in [0.717, 1.165) is 52.6 Å². The largest absolute Gasteiger partial charge is 0.499 e. The number of rotatable bonds is 5. The first-order valence-electron chi connectivity index (χ1n) is 10.8. The van der Waals surface area contributed by atoms with E-state index in [4.69, 9.17) is 4.98 Å². The fourth-order valence-corrected chi connectivity index (χ4v) is 5.32. The van der Waals surface area contributed by atoms with Gasteiger partial charge in [-0.15, -0.1) is 11.3 Å². The summed E-state index contributed by atoms with van der Waals surface area (Å²) >= 11 is 1.39. The average molecular weight is 444 g/mol. The third-order valence-corrected chi connectivity index (χ3v) is 6.91. The van der Waals surface area contributed by atoms with Crippen molar-refractivity contribution in [3.05, 3.63) is 116 Å². The number of fused-ring (bicyclic) bond motifs is 1. The van der Waals surface area contributed by atoms with Gasteiger partial charge >= 0.3 is 0 Å². The van der Waals surface area contributed by atoms with E-state index < -0.39 is 0 Å². The lowest BCUT2D eigenvalue weighted by molar-refractivity contribution is 0.242. The lowest BCUT2D eigenvalue weighted by Crippen LogP contribution is -2.40. The van der Waals surface area contributed by atoms with Gasteiger partial charge in [-0.1, -0.05) is 60.7 Å². The summed E-state index contributed by atoms with van der Waals surface area (Å²) in [4.78, 5) is 22.1. The van der Waals surface area contributed by atoms with Crippen molar-refractivity contribution >= 4 is 11.3 Å². The quantitative estimate of drug-likeness (QED) is 0.493. The van der Waals surface area contributed by atoms with E-state index in [-0.39, 0.29) is 11.6 Å². The number of thiophene rings is 1. The van der Waals surface area contributed by atoms with Gasteiger partial charge in [-0.2, -0.15) is 0 Å². The van der Waals surface area contributed by atoms with Crippen LogP contribution in [0.4, 0.5) is 0 Å².